The van der Waals surface area contributed by atoms with E-state index in [2.05, 4.69) is 27.9 Å². The van der Waals surface area contributed by atoms with Crippen LogP contribution in [0.2, 0.25) is 0 Å². The van der Waals surface area contributed by atoms with Crippen molar-refractivity contribution in [3.8, 4) is 0 Å². The molecule has 17 heavy (non-hydrogen) atoms. The molecule has 0 spiro atoms. The van der Waals surface area contributed by atoms with Crippen molar-refractivity contribution in [2.75, 3.05) is 5.32 Å². The summed E-state index contributed by atoms with van der Waals surface area (Å²) in [6, 6.07) is 5.90. The third kappa shape index (κ3) is 5.50. The zero-order valence-electron chi connectivity index (χ0n) is 10.5. The number of benzene rings is 1. The number of halogens is 1. The summed E-state index contributed by atoms with van der Waals surface area (Å²) in [5.41, 5.74) is 7.61. The lowest BCUT2D eigenvalue weighted by Gasteiger charge is -2.17. The van der Waals surface area contributed by atoms with Gasteiger partial charge >= 0.3 is 0 Å². The number of nitrogens with two attached hydrogens (primary N) is 1. The molecule has 0 aliphatic heterocycles. The van der Waals surface area contributed by atoms with Crippen molar-refractivity contribution in [1.29, 1.82) is 0 Å². The fourth-order valence-electron chi connectivity index (χ4n) is 1.33. The van der Waals surface area contributed by atoms with Crippen molar-refractivity contribution in [3.63, 3.8) is 0 Å². The lowest BCUT2D eigenvalue weighted by molar-refractivity contribution is -0.116. The minimum absolute atomic E-state index is 0.0168. The molecule has 0 aromatic heterocycles. The van der Waals surface area contributed by atoms with Crippen LogP contribution in [0, 0.1) is 10.5 Å². The van der Waals surface area contributed by atoms with E-state index in [-0.39, 0.29) is 11.4 Å². The SMILES string of the molecule is Cc1ccc(NC(=O)CCC(C)(C)N)cc1I. The van der Waals surface area contributed by atoms with E-state index in [0.29, 0.717) is 12.8 Å². The molecule has 4 heteroatoms. The van der Waals surface area contributed by atoms with Crippen LogP contribution < -0.4 is 11.1 Å². The molecule has 3 N–H and O–H groups in total. The Balaban J connectivity index is 2.54. The van der Waals surface area contributed by atoms with Gasteiger partial charge in [0.15, 0.2) is 0 Å². The molecule has 94 valence electrons. The molecule has 0 radical (unpaired) electrons. The number of hydrogen-bond donors (Lipinski definition) is 2. The summed E-state index contributed by atoms with van der Waals surface area (Å²) in [6.45, 7) is 5.90. The molecule has 0 atom stereocenters. The second kappa shape index (κ2) is 5.82. The third-order valence-electron chi connectivity index (χ3n) is 2.45. The maximum atomic E-state index is 11.7. The van der Waals surface area contributed by atoms with Crippen molar-refractivity contribution in [2.24, 2.45) is 5.73 Å². The molecule has 3 nitrogen and oxygen atoms in total. The van der Waals surface area contributed by atoms with E-state index in [1.54, 1.807) is 0 Å². The third-order valence-corrected chi connectivity index (χ3v) is 3.61. The van der Waals surface area contributed by atoms with Crippen molar-refractivity contribution in [3.05, 3.63) is 27.3 Å². The van der Waals surface area contributed by atoms with Gasteiger partial charge < -0.3 is 11.1 Å². The lowest BCUT2D eigenvalue weighted by atomic mass is 10.00. The molecular weight excluding hydrogens is 327 g/mol. The van der Waals surface area contributed by atoms with Gasteiger partial charge in [0.05, 0.1) is 0 Å². The van der Waals surface area contributed by atoms with Gasteiger partial charge in [-0.3, -0.25) is 4.79 Å². The first-order chi connectivity index (χ1) is 7.78. The smallest absolute Gasteiger partial charge is 0.224 e. The van der Waals surface area contributed by atoms with Crippen LogP contribution in [0.4, 0.5) is 5.69 Å². The van der Waals surface area contributed by atoms with Gasteiger partial charge in [-0.25, -0.2) is 0 Å². The fraction of sp³-hybridized carbons (Fsp3) is 0.462. The van der Waals surface area contributed by atoms with Gasteiger partial charge in [0.2, 0.25) is 5.91 Å². The summed E-state index contributed by atoms with van der Waals surface area (Å²) in [7, 11) is 0. The Kier molecular flexibility index (Phi) is 4.94. The van der Waals surface area contributed by atoms with Gasteiger partial charge in [0.1, 0.15) is 0 Å². The highest BCUT2D eigenvalue weighted by Crippen LogP contribution is 2.17. The molecule has 0 saturated heterocycles. The Morgan fingerprint density at radius 3 is 2.65 bits per heavy atom. The van der Waals surface area contributed by atoms with Gasteiger partial charge in [0.25, 0.3) is 0 Å². The summed E-state index contributed by atoms with van der Waals surface area (Å²) in [6.07, 6.45) is 1.13. The van der Waals surface area contributed by atoms with Gasteiger partial charge in [-0.1, -0.05) is 6.07 Å². The van der Waals surface area contributed by atoms with Crippen LogP contribution in [-0.4, -0.2) is 11.4 Å². The highest BCUT2D eigenvalue weighted by Gasteiger charge is 2.13. The number of hydrogen-bond acceptors (Lipinski definition) is 2. The topological polar surface area (TPSA) is 55.1 Å². The van der Waals surface area contributed by atoms with Crippen LogP contribution >= 0.6 is 22.6 Å². The van der Waals surface area contributed by atoms with Gasteiger partial charge in [-0.05, 0) is 67.5 Å². The van der Waals surface area contributed by atoms with E-state index >= 15 is 0 Å². The fourth-order valence-corrected chi connectivity index (χ4v) is 1.85. The summed E-state index contributed by atoms with van der Waals surface area (Å²) >= 11 is 2.26. The predicted octanol–water partition coefficient (Wildman–Crippen LogP) is 3.06. The molecular formula is C13H19IN2O. The molecule has 1 rings (SSSR count). The Morgan fingerprint density at radius 1 is 1.47 bits per heavy atom. The minimum atomic E-state index is -0.293. The highest BCUT2D eigenvalue weighted by molar-refractivity contribution is 14.1. The van der Waals surface area contributed by atoms with Crippen molar-refractivity contribution in [1.82, 2.24) is 0 Å². The first-order valence-corrected chi connectivity index (χ1v) is 6.71. The van der Waals surface area contributed by atoms with E-state index in [0.717, 1.165) is 9.26 Å². The van der Waals surface area contributed by atoms with Crippen LogP contribution in [-0.2, 0) is 4.79 Å². The summed E-state index contributed by atoms with van der Waals surface area (Å²) in [5.74, 6) is 0.0168. The molecule has 0 bridgehead atoms. The standard InChI is InChI=1S/C13H19IN2O/c1-9-4-5-10(8-11(9)14)16-12(17)6-7-13(2,3)15/h4-5,8H,6-7,15H2,1-3H3,(H,16,17). The predicted molar refractivity (Wildman–Crippen MR) is 80.0 cm³/mol. The first kappa shape index (κ1) is 14.4. The second-order valence-corrected chi connectivity index (χ2v) is 6.16. The van der Waals surface area contributed by atoms with Gasteiger partial charge in [0, 0.05) is 21.2 Å². The summed E-state index contributed by atoms with van der Waals surface area (Å²) in [4.78, 5) is 11.7. The molecule has 1 aromatic rings. The summed E-state index contributed by atoms with van der Waals surface area (Å²) in [5, 5.41) is 2.88. The quantitative estimate of drug-likeness (QED) is 0.824. The molecule has 0 unspecified atom stereocenters. The van der Waals surface area contributed by atoms with Crippen molar-refractivity contribution >= 4 is 34.2 Å². The zero-order valence-corrected chi connectivity index (χ0v) is 12.7. The number of aryl methyl sites for hydroxylation is 1. The molecule has 0 aliphatic carbocycles. The largest absolute Gasteiger partial charge is 0.326 e. The molecule has 1 aromatic carbocycles. The second-order valence-electron chi connectivity index (χ2n) is 5.00. The number of carbonyl (C=O) groups excluding carboxylic acids is 1. The average Bonchev–Trinajstić information content (AvgIpc) is 2.20. The van der Waals surface area contributed by atoms with E-state index in [4.69, 9.17) is 5.73 Å². The molecule has 0 fully saturated rings. The Bertz CT molecular complexity index is 410. The van der Waals surface area contributed by atoms with Gasteiger partial charge in [-0.2, -0.15) is 0 Å². The van der Waals surface area contributed by atoms with E-state index in [9.17, 15) is 4.79 Å². The first-order valence-electron chi connectivity index (χ1n) is 5.63. The van der Waals surface area contributed by atoms with Crippen LogP contribution in [0.1, 0.15) is 32.3 Å². The maximum Gasteiger partial charge on any atom is 0.224 e. The minimum Gasteiger partial charge on any atom is -0.326 e. The Hall–Kier alpha value is -0.620. The number of anilines is 1. The highest BCUT2D eigenvalue weighted by atomic mass is 127. The number of nitrogens with one attached hydrogen (secondary N) is 1. The van der Waals surface area contributed by atoms with Crippen LogP contribution in [0.15, 0.2) is 18.2 Å². The Labute approximate surface area is 116 Å². The van der Waals surface area contributed by atoms with E-state index in [1.165, 1.54) is 5.56 Å². The van der Waals surface area contributed by atoms with Crippen LogP contribution in [0.25, 0.3) is 0 Å². The molecule has 0 aliphatic rings. The number of amides is 1. The zero-order chi connectivity index (χ0) is 13.1. The molecule has 0 heterocycles. The molecule has 1 amide bonds. The lowest BCUT2D eigenvalue weighted by Crippen LogP contribution is -2.33. The van der Waals surface area contributed by atoms with Crippen LogP contribution in [0.5, 0.6) is 0 Å². The van der Waals surface area contributed by atoms with E-state index in [1.807, 2.05) is 39.0 Å². The van der Waals surface area contributed by atoms with Crippen molar-refractivity contribution in [2.45, 2.75) is 39.2 Å². The maximum absolute atomic E-state index is 11.7. The average molecular weight is 346 g/mol. The number of rotatable bonds is 4. The van der Waals surface area contributed by atoms with Crippen LogP contribution in [0.3, 0.4) is 0 Å². The van der Waals surface area contributed by atoms with Crippen molar-refractivity contribution < 1.29 is 4.79 Å². The summed E-state index contributed by atoms with van der Waals surface area (Å²) < 4.78 is 1.15. The van der Waals surface area contributed by atoms with E-state index < -0.39 is 0 Å². The van der Waals surface area contributed by atoms with Gasteiger partial charge in [-0.15, -0.1) is 0 Å². The normalized spacial score (nSPS) is 11.4. The molecule has 0 saturated carbocycles. The monoisotopic (exact) mass is 346 g/mol. The Morgan fingerprint density at radius 2 is 2.12 bits per heavy atom. The number of carbonyl (C=O) groups is 1.